The normalized spacial score (nSPS) is 11.6. The lowest BCUT2D eigenvalue weighted by Gasteiger charge is -2.28. The Morgan fingerprint density at radius 3 is 2.59 bits per heavy atom. The molecule has 0 radical (unpaired) electrons. The summed E-state index contributed by atoms with van der Waals surface area (Å²) in [6, 6.07) is 14.1. The number of benzene rings is 2. The van der Waals surface area contributed by atoms with Crippen molar-refractivity contribution in [3.8, 4) is 5.75 Å². The average molecular weight is 482 g/mol. The van der Waals surface area contributed by atoms with Crippen LogP contribution in [0.25, 0.3) is 0 Å². The summed E-state index contributed by atoms with van der Waals surface area (Å²) < 4.78 is 6.45. The number of halogens is 2. The van der Waals surface area contributed by atoms with E-state index >= 15 is 0 Å². The van der Waals surface area contributed by atoms with Gasteiger partial charge in [0.25, 0.3) is 5.91 Å². The highest BCUT2D eigenvalue weighted by atomic mass is 79.9. The number of hydrogen-bond donors (Lipinski definition) is 1. The maximum Gasteiger partial charge on any atom is 0.261 e. The van der Waals surface area contributed by atoms with E-state index in [1.54, 1.807) is 25.1 Å². The molecular weight excluding hydrogens is 456 g/mol. The van der Waals surface area contributed by atoms with Gasteiger partial charge in [-0.2, -0.15) is 0 Å². The van der Waals surface area contributed by atoms with E-state index in [1.807, 2.05) is 30.3 Å². The molecule has 7 heteroatoms. The lowest BCUT2D eigenvalue weighted by molar-refractivity contribution is -0.142. The van der Waals surface area contributed by atoms with Crippen molar-refractivity contribution in [3.63, 3.8) is 0 Å². The first kappa shape index (κ1) is 23.2. The van der Waals surface area contributed by atoms with Crippen LogP contribution in [0.4, 0.5) is 0 Å². The third-order valence-electron chi connectivity index (χ3n) is 4.44. The van der Waals surface area contributed by atoms with Crippen LogP contribution in [0.3, 0.4) is 0 Å². The van der Waals surface area contributed by atoms with Crippen molar-refractivity contribution in [2.45, 2.75) is 39.3 Å². The molecule has 0 saturated carbocycles. The molecule has 2 rings (SSSR count). The summed E-state index contributed by atoms with van der Waals surface area (Å²) in [5.41, 5.74) is 0.940. The first-order valence-corrected chi connectivity index (χ1v) is 10.8. The highest BCUT2D eigenvalue weighted by molar-refractivity contribution is 9.10. The quantitative estimate of drug-likeness (QED) is 0.495. The Morgan fingerprint density at radius 1 is 1.21 bits per heavy atom. The second kappa shape index (κ2) is 11.8. The predicted octanol–water partition coefficient (Wildman–Crippen LogP) is 4.81. The van der Waals surface area contributed by atoms with Gasteiger partial charge in [-0.25, -0.2) is 0 Å². The van der Waals surface area contributed by atoms with Gasteiger partial charge >= 0.3 is 0 Å². The van der Waals surface area contributed by atoms with Crippen molar-refractivity contribution in [2.75, 3.05) is 13.2 Å². The number of unbranched alkanes of at least 4 members (excludes halogenated alkanes) is 1. The molecule has 0 aliphatic heterocycles. The van der Waals surface area contributed by atoms with E-state index in [9.17, 15) is 9.59 Å². The van der Waals surface area contributed by atoms with Crippen molar-refractivity contribution >= 4 is 39.3 Å². The number of carbonyl (C=O) groups is 2. The number of nitrogens with one attached hydrogen (secondary N) is 1. The summed E-state index contributed by atoms with van der Waals surface area (Å²) in [7, 11) is 0. The van der Waals surface area contributed by atoms with Crippen molar-refractivity contribution in [1.82, 2.24) is 10.2 Å². The van der Waals surface area contributed by atoms with Gasteiger partial charge in [-0.05, 0) is 37.1 Å². The molecule has 0 fully saturated rings. The van der Waals surface area contributed by atoms with Crippen molar-refractivity contribution in [2.24, 2.45) is 0 Å². The lowest BCUT2D eigenvalue weighted by atomic mass is 10.1. The van der Waals surface area contributed by atoms with Crippen LogP contribution in [0, 0.1) is 0 Å². The topological polar surface area (TPSA) is 58.6 Å². The molecule has 5 nitrogen and oxygen atoms in total. The zero-order chi connectivity index (χ0) is 21.2. The zero-order valence-corrected chi connectivity index (χ0v) is 19.0. The summed E-state index contributed by atoms with van der Waals surface area (Å²) in [5.74, 6) is -0.0432. The van der Waals surface area contributed by atoms with E-state index < -0.39 is 6.04 Å². The molecule has 1 N–H and O–H groups in total. The molecule has 0 aromatic heterocycles. The molecule has 2 aromatic carbocycles. The van der Waals surface area contributed by atoms with Crippen LogP contribution in [0.5, 0.6) is 5.75 Å². The summed E-state index contributed by atoms with van der Waals surface area (Å²) in [5, 5.41) is 3.30. The minimum Gasteiger partial charge on any atom is -0.482 e. The van der Waals surface area contributed by atoms with Gasteiger partial charge in [-0.1, -0.05) is 71.2 Å². The fourth-order valence-electron chi connectivity index (χ4n) is 2.71. The summed E-state index contributed by atoms with van der Waals surface area (Å²) in [6.45, 7) is 4.50. The van der Waals surface area contributed by atoms with E-state index in [0.29, 0.717) is 23.9 Å². The van der Waals surface area contributed by atoms with Gasteiger partial charge in [-0.3, -0.25) is 9.59 Å². The molecule has 1 atom stereocenters. The second-order valence-electron chi connectivity index (χ2n) is 6.69. The van der Waals surface area contributed by atoms with Crippen molar-refractivity contribution in [3.05, 3.63) is 63.6 Å². The van der Waals surface area contributed by atoms with Gasteiger partial charge in [0, 0.05) is 17.6 Å². The molecule has 0 spiro atoms. The first-order valence-electron chi connectivity index (χ1n) is 9.61. The van der Waals surface area contributed by atoms with Crippen LogP contribution in [0.1, 0.15) is 32.3 Å². The molecule has 0 aliphatic rings. The predicted molar refractivity (Wildman–Crippen MR) is 119 cm³/mol. The Balaban J connectivity index is 2.10. The van der Waals surface area contributed by atoms with E-state index in [0.717, 1.165) is 22.9 Å². The van der Waals surface area contributed by atoms with E-state index in [-0.39, 0.29) is 18.4 Å². The number of hydrogen-bond acceptors (Lipinski definition) is 3. The summed E-state index contributed by atoms with van der Waals surface area (Å²) in [4.78, 5) is 27.0. The van der Waals surface area contributed by atoms with Crippen LogP contribution in [0.2, 0.25) is 5.02 Å². The monoisotopic (exact) mass is 480 g/mol. The smallest absolute Gasteiger partial charge is 0.261 e. The number of nitrogens with zero attached hydrogens (tertiary/aromatic N) is 1. The second-order valence-corrected chi connectivity index (χ2v) is 8.01. The van der Waals surface area contributed by atoms with Gasteiger partial charge in [0.1, 0.15) is 11.8 Å². The highest BCUT2D eigenvalue weighted by Crippen LogP contribution is 2.27. The Morgan fingerprint density at radius 2 is 1.93 bits per heavy atom. The fraction of sp³-hybridized carbons (Fsp3) is 0.364. The number of rotatable bonds is 10. The summed E-state index contributed by atoms with van der Waals surface area (Å²) >= 11 is 9.50. The maximum atomic E-state index is 12.9. The molecule has 2 aromatic rings. The summed E-state index contributed by atoms with van der Waals surface area (Å²) in [6.07, 6.45) is 1.89. The van der Waals surface area contributed by atoms with Gasteiger partial charge in [0.15, 0.2) is 6.61 Å². The highest BCUT2D eigenvalue weighted by Gasteiger charge is 2.26. The SMILES string of the molecule is CCCCNC(=O)[C@H](C)N(Cc1ccccc1)C(=O)COc1ccc(Br)cc1Cl. The third-order valence-corrected chi connectivity index (χ3v) is 5.23. The van der Waals surface area contributed by atoms with Crippen LogP contribution in [-0.2, 0) is 16.1 Å². The molecule has 0 bridgehead atoms. The Kier molecular flexibility index (Phi) is 9.48. The lowest BCUT2D eigenvalue weighted by Crippen LogP contribution is -2.49. The third kappa shape index (κ3) is 7.37. The van der Waals surface area contributed by atoms with Crippen LogP contribution in [-0.4, -0.2) is 35.9 Å². The van der Waals surface area contributed by atoms with Gasteiger partial charge in [-0.15, -0.1) is 0 Å². The van der Waals surface area contributed by atoms with Crippen LogP contribution in [0.15, 0.2) is 53.0 Å². The minimum atomic E-state index is -0.622. The van der Waals surface area contributed by atoms with E-state index in [1.165, 1.54) is 4.90 Å². The molecule has 0 aliphatic carbocycles. The minimum absolute atomic E-state index is 0.176. The van der Waals surface area contributed by atoms with E-state index in [2.05, 4.69) is 28.2 Å². The Labute approximate surface area is 185 Å². The standard InChI is InChI=1S/C22H26BrClN2O3/c1-3-4-12-25-22(28)16(2)26(14-17-8-6-5-7-9-17)21(27)15-29-20-11-10-18(23)13-19(20)24/h5-11,13,16H,3-4,12,14-15H2,1-2H3,(H,25,28)/t16-/m0/s1. The zero-order valence-electron chi connectivity index (χ0n) is 16.7. The molecule has 0 unspecified atom stereocenters. The van der Waals surface area contributed by atoms with Gasteiger partial charge in [0.05, 0.1) is 5.02 Å². The van der Waals surface area contributed by atoms with Crippen molar-refractivity contribution < 1.29 is 14.3 Å². The van der Waals surface area contributed by atoms with Gasteiger partial charge < -0.3 is 15.0 Å². The molecule has 0 saturated heterocycles. The molecule has 29 heavy (non-hydrogen) atoms. The number of carbonyl (C=O) groups excluding carboxylic acids is 2. The molecule has 2 amide bonds. The Bertz CT molecular complexity index is 817. The number of ether oxygens (including phenoxy) is 1. The van der Waals surface area contributed by atoms with Crippen molar-refractivity contribution in [1.29, 1.82) is 0 Å². The largest absolute Gasteiger partial charge is 0.482 e. The number of amides is 2. The maximum absolute atomic E-state index is 12.9. The fourth-order valence-corrected chi connectivity index (χ4v) is 3.44. The molecular formula is C22H26BrClN2O3. The average Bonchev–Trinajstić information content (AvgIpc) is 2.71. The first-order chi connectivity index (χ1) is 13.9. The van der Waals surface area contributed by atoms with Gasteiger partial charge in [0.2, 0.25) is 5.91 Å². The molecule has 0 heterocycles. The van der Waals surface area contributed by atoms with Crippen LogP contribution >= 0.6 is 27.5 Å². The van der Waals surface area contributed by atoms with Crippen LogP contribution < -0.4 is 10.1 Å². The molecule has 156 valence electrons. The Hall–Kier alpha value is -2.05. The van der Waals surface area contributed by atoms with E-state index in [4.69, 9.17) is 16.3 Å².